The Kier molecular flexibility index (Phi) is 3.97. The van der Waals surface area contributed by atoms with Crippen LogP contribution in [0.2, 0.25) is 5.02 Å². The molecule has 1 aliphatic heterocycles. The van der Waals surface area contributed by atoms with Crippen LogP contribution in [0.1, 0.15) is 24.1 Å². The minimum absolute atomic E-state index is 0.311. The van der Waals surface area contributed by atoms with Crippen LogP contribution in [-0.4, -0.2) is 28.2 Å². The highest BCUT2D eigenvalue weighted by Crippen LogP contribution is 2.37. The number of hydrogen-bond acceptors (Lipinski definition) is 5. The van der Waals surface area contributed by atoms with Crippen molar-refractivity contribution in [3.63, 3.8) is 0 Å². The van der Waals surface area contributed by atoms with Crippen LogP contribution in [0.3, 0.4) is 0 Å². The van der Waals surface area contributed by atoms with Crippen LogP contribution < -0.4 is 4.90 Å². The van der Waals surface area contributed by atoms with E-state index in [0.29, 0.717) is 42.5 Å². The smallest absolute Gasteiger partial charge is 0.183 e. The zero-order valence-electron chi connectivity index (χ0n) is 11.9. The topological polar surface area (TPSA) is 73.0 Å². The third-order valence-electron chi connectivity index (χ3n) is 4.05. The highest BCUT2D eigenvalue weighted by Gasteiger charge is 2.36. The van der Waals surface area contributed by atoms with Crippen molar-refractivity contribution in [1.82, 2.24) is 9.97 Å². The van der Waals surface area contributed by atoms with E-state index in [1.807, 2.05) is 23.1 Å². The van der Waals surface area contributed by atoms with Gasteiger partial charge in [0.1, 0.15) is 6.07 Å². The quantitative estimate of drug-likeness (QED) is 0.922. The summed E-state index contributed by atoms with van der Waals surface area (Å²) in [7, 11) is 0. The molecule has 0 spiro atoms. The molecule has 1 aromatic carbocycles. The second-order valence-corrected chi connectivity index (χ2v) is 5.75. The van der Waals surface area contributed by atoms with Crippen molar-refractivity contribution < 1.29 is 5.11 Å². The van der Waals surface area contributed by atoms with E-state index in [0.717, 1.165) is 5.56 Å². The summed E-state index contributed by atoms with van der Waals surface area (Å²) in [6, 6.07) is 9.43. The molecule has 112 valence electrons. The van der Waals surface area contributed by atoms with Crippen molar-refractivity contribution in [2.45, 2.75) is 18.4 Å². The monoisotopic (exact) mass is 314 g/mol. The van der Waals surface area contributed by atoms with E-state index in [4.69, 9.17) is 16.9 Å². The zero-order valence-corrected chi connectivity index (χ0v) is 12.7. The summed E-state index contributed by atoms with van der Waals surface area (Å²) < 4.78 is 0. The molecule has 0 radical (unpaired) electrons. The van der Waals surface area contributed by atoms with Crippen molar-refractivity contribution in [3.05, 3.63) is 52.9 Å². The Labute approximate surface area is 133 Å². The maximum absolute atomic E-state index is 10.9. The van der Waals surface area contributed by atoms with E-state index >= 15 is 0 Å². The lowest BCUT2D eigenvalue weighted by Crippen LogP contribution is -2.43. The van der Waals surface area contributed by atoms with E-state index in [1.54, 1.807) is 12.3 Å². The van der Waals surface area contributed by atoms with Crippen LogP contribution in [0.4, 0.5) is 5.82 Å². The van der Waals surface area contributed by atoms with Crippen molar-refractivity contribution in [1.29, 1.82) is 5.26 Å². The van der Waals surface area contributed by atoms with Crippen LogP contribution in [0.5, 0.6) is 0 Å². The maximum atomic E-state index is 10.9. The van der Waals surface area contributed by atoms with Gasteiger partial charge in [-0.05, 0) is 18.9 Å². The molecule has 1 fully saturated rings. The predicted octanol–water partition coefficient (Wildman–Crippen LogP) is 2.49. The molecule has 0 bridgehead atoms. The molecule has 1 N–H and O–H groups in total. The van der Waals surface area contributed by atoms with Crippen LogP contribution in [0.25, 0.3) is 0 Å². The molecule has 0 unspecified atom stereocenters. The van der Waals surface area contributed by atoms with Gasteiger partial charge in [0.2, 0.25) is 0 Å². The van der Waals surface area contributed by atoms with Gasteiger partial charge in [-0.3, -0.25) is 0 Å². The fourth-order valence-corrected chi connectivity index (χ4v) is 3.15. The first-order chi connectivity index (χ1) is 10.6. The Morgan fingerprint density at radius 3 is 2.55 bits per heavy atom. The number of anilines is 1. The van der Waals surface area contributed by atoms with Gasteiger partial charge < -0.3 is 10.0 Å². The van der Waals surface area contributed by atoms with Gasteiger partial charge in [0.05, 0.1) is 5.60 Å². The molecule has 2 aromatic rings. The minimum Gasteiger partial charge on any atom is -0.385 e. The molecule has 3 rings (SSSR count). The lowest BCUT2D eigenvalue weighted by Gasteiger charge is -2.39. The first-order valence-corrected chi connectivity index (χ1v) is 7.45. The Balaban J connectivity index is 1.81. The number of nitrogens with zero attached hydrogens (tertiary/aromatic N) is 4. The molecule has 0 aliphatic carbocycles. The largest absolute Gasteiger partial charge is 0.385 e. The predicted molar refractivity (Wildman–Crippen MR) is 83.5 cm³/mol. The average molecular weight is 315 g/mol. The van der Waals surface area contributed by atoms with Crippen LogP contribution in [0.15, 0.2) is 36.7 Å². The first-order valence-electron chi connectivity index (χ1n) is 7.07. The van der Waals surface area contributed by atoms with Gasteiger partial charge in [0, 0.05) is 36.1 Å². The van der Waals surface area contributed by atoms with Crippen molar-refractivity contribution in [2.24, 2.45) is 0 Å². The van der Waals surface area contributed by atoms with Gasteiger partial charge in [-0.25, -0.2) is 9.97 Å². The molecular formula is C16H15ClN4O. The molecule has 0 atom stereocenters. The summed E-state index contributed by atoms with van der Waals surface area (Å²) in [5.74, 6) is 0.575. The molecule has 6 heteroatoms. The van der Waals surface area contributed by atoms with Crippen molar-refractivity contribution in [3.8, 4) is 6.07 Å². The normalized spacial score (nSPS) is 17.0. The number of aromatic nitrogens is 2. The number of halogens is 1. The molecular weight excluding hydrogens is 300 g/mol. The number of nitriles is 1. The molecule has 1 aromatic heterocycles. The number of benzene rings is 1. The summed E-state index contributed by atoms with van der Waals surface area (Å²) in [6.45, 7) is 1.18. The van der Waals surface area contributed by atoms with Crippen LogP contribution >= 0.6 is 11.6 Å². The van der Waals surface area contributed by atoms with Gasteiger partial charge >= 0.3 is 0 Å². The highest BCUT2D eigenvalue weighted by atomic mass is 35.5. The van der Waals surface area contributed by atoms with Gasteiger partial charge in [-0.15, -0.1) is 0 Å². The van der Waals surface area contributed by atoms with Crippen LogP contribution in [-0.2, 0) is 5.60 Å². The van der Waals surface area contributed by atoms with E-state index in [1.165, 1.54) is 6.20 Å². The van der Waals surface area contributed by atoms with Gasteiger partial charge in [-0.2, -0.15) is 5.26 Å². The lowest BCUT2D eigenvalue weighted by atomic mass is 9.84. The summed E-state index contributed by atoms with van der Waals surface area (Å²) in [5.41, 5.74) is 0.130. The molecule has 5 nitrogen and oxygen atoms in total. The average Bonchev–Trinajstić information content (AvgIpc) is 2.56. The van der Waals surface area contributed by atoms with E-state index in [2.05, 4.69) is 16.0 Å². The number of hydrogen-bond donors (Lipinski definition) is 1. The minimum atomic E-state index is -0.941. The Morgan fingerprint density at radius 1 is 1.18 bits per heavy atom. The second-order valence-electron chi connectivity index (χ2n) is 5.34. The van der Waals surface area contributed by atoms with Gasteiger partial charge in [-0.1, -0.05) is 29.8 Å². The first kappa shape index (κ1) is 14.8. The standard InChI is InChI=1S/C16H15ClN4O/c17-13-4-2-1-3-12(13)16(22)5-9-21(10-6-16)15-14(11-18)19-7-8-20-15/h1-4,7-8,22H,5-6,9-10H2. The maximum Gasteiger partial charge on any atom is 0.183 e. The Bertz CT molecular complexity index is 720. The molecule has 2 heterocycles. The van der Waals surface area contributed by atoms with E-state index < -0.39 is 5.60 Å². The summed E-state index contributed by atoms with van der Waals surface area (Å²) in [6.07, 6.45) is 4.13. The van der Waals surface area contributed by atoms with Crippen molar-refractivity contribution in [2.75, 3.05) is 18.0 Å². The summed E-state index contributed by atoms with van der Waals surface area (Å²) >= 11 is 6.21. The SMILES string of the molecule is N#Cc1nccnc1N1CCC(O)(c2ccccc2Cl)CC1. The Hall–Kier alpha value is -2.16. The van der Waals surface area contributed by atoms with Crippen molar-refractivity contribution >= 4 is 17.4 Å². The fourth-order valence-electron chi connectivity index (χ4n) is 2.84. The fraction of sp³-hybridized carbons (Fsp3) is 0.312. The third-order valence-corrected chi connectivity index (χ3v) is 4.38. The highest BCUT2D eigenvalue weighted by molar-refractivity contribution is 6.31. The number of aliphatic hydroxyl groups is 1. The molecule has 0 saturated carbocycles. The van der Waals surface area contributed by atoms with E-state index in [9.17, 15) is 5.11 Å². The zero-order chi connectivity index (χ0) is 15.6. The molecule has 1 saturated heterocycles. The second kappa shape index (κ2) is 5.91. The van der Waals surface area contributed by atoms with Gasteiger partial charge in [0.25, 0.3) is 0 Å². The third kappa shape index (κ3) is 2.63. The molecule has 1 aliphatic rings. The number of rotatable bonds is 2. The molecule has 0 amide bonds. The summed E-state index contributed by atoms with van der Waals surface area (Å²) in [5, 5.41) is 20.6. The Morgan fingerprint density at radius 2 is 1.86 bits per heavy atom. The van der Waals surface area contributed by atoms with Gasteiger partial charge in [0.15, 0.2) is 11.5 Å². The van der Waals surface area contributed by atoms with E-state index in [-0.39, 0.29) is 0 Å². The van der Waals surface area contributed by atoms with Crippen LogP contribution in [0, 0.1) is 11.3 Å². The molecule has 22 heavy (non-hydrogen) atoms. The number of piperidine rings is 1. The summed E-state index contributed by atoms with van der Waals surface area (Å²) in [4.78, 5) is 10.3. The lowest BCUT2D eigenvalue weighted by molar-refractivity contribution is 0.0117.